The molecule has 0 amide bonds. The highest BCUT2D eigenvalue weighted by molar-refractivity contribution is 9.10. The van der Waals surface area contributed by atoms with Crippen LogP contribution in [0.15, 0.2) is 46.9 Å². The third kappa shape index (κ3) is 2.58. The van der Waals surface area contributed by atoms with Crippen molar-refractivity contribution < 1.29 is 0 Å². The van der Waals surface area contributed by atoms with Crippen molar-refractivity contribution in [1.29, 1.82) is 5.26 Å². The number of para-hydroxylation sites is 1. The van der Waals surface area contributed by atoms with E-state index in [1.807, 2.05) is 36.4 Å². The van der Waals surface area contributed by atoms with E-state index in [0.29, 0.717) is 11.3 Å². The van der Waals surface area contributed by atoms with Crippen molar-refractivity contribution in [2.45, 2.75) is 0 Å². The number of hydrogen-bond donors (Lipinski definition) is 2. The molecule has 0 aliphatic carbocycles. The van der Waals surface area contributed by atoms with E-state index >= 15 is 0 Å². The minimum absolute atomic E-state index is 0.592. The predicted octanol–water partition coefficient (Wildman–Crippen LogP) is 3.65. The molecule has 0 aliphatic rings. The summed E-state index contributed by atoms with van der Waals surface area (Å²) in [5, 5.41) is 12.1. The molecule has 0 bridgehead atoms. The quantitative estimate of drug-likeness (QED) is 0.829. The molecule has 3 N–H and O–H groups in total. The standard InChI is InChI=1S/C13H10BrN3/c14-10-5-6-13(11(16)7-10)17-12-4-2-1-3-9(12)8-15/h1-7,17H,16H2. The van der Waals surface area contributed by atoms with Gasteiger partial charge in [0.2, 0.25) is 0 Å². The zero-order valence-electron chi connectivity index (χ0n) is 8.94. The zero-order valence-corrected chi connectivity index (χ0v) is 10.5. The zero-order chi connectivity index (χ0) is 12.3. The molecular weight excluding hydrogens is 278 g/mol. The number of nitriles is 1. The highest BCUT2D eigenvalue weighted by atomic mass is 79.9. The van der Waals surface area contributed by atoms with Crippen molar-refractivity contribution in [2.75, 3.05) is 11.1 Å². The Morgan fingerprint density at radius 2 is 1.88 bits per heavy atom. The van der Waals surface area contributed by atoms with Crippen LogP contribution in [0.2, 0.25) is 0 Å². The van der Waals surface area contributed by atoms with Crippen LogP contribution in [0.25, 0.3) is 0 Å². The number of nitrogens with one attached hydrogen (secondary N) is 1. The topological polar surface area (TPSA) is 61.8 Å². The summed E-state index contributed by atoms with van der Waals surface area (Å²) in [7, 11) is 0. The SMILES string of the molecule is N#Cc1ccccc1Nc1ccc(Br)cc1N. The maximum Gasteiger partial charge on any atom is 0.101 e. The second-order valence-electron chi connectivity index (χ2n) is 3.51. The van der Waals surface area contributed by atoms with Crippen molar-refractivity contribution in [2.24, 2.45) is 0 Å². The number of halogens is 1. The Bertz CT molecular complexity index is 587. The fraction of sp³-hybridized carbons (Fsp3) is 0. The summed E-state index contributed by atoms with van der Waals surface area (Å²) in [6, 6.07) is 15.0. The fourth-order valence-corrected chi connectivity index (χ4v) is 1.86. The summed E-state index contributed by atoms with van der Waals surface area (Å²) in [6.45, 7) is 0. The summed E-state index contributed by atoms with van der Waals surface area (Å²) in [5.41, 5.74) is 8.65. The molecule has 3 nitrogen and oxygen atoms in total. The molecule has 0 spiro atoms. The van der Waals surface area contributed by atoms with E-state index in [2.05, 4.69) is 27.3 Å². The molecule has 17 heavy (non-hydrogen) atoms. The van der Waals surface area contributed by atoms with Gasteiger partial charge in [-0.2, -0.15) is 5.26 Å². The lowest BCUT2D eigenvalue weighted by atomic mass is 10.2. The number of benzene rings is 2. The van der Waals surface area contributed by atoms with Gasteiger partial charge in [0.25, 0.3) is 0 Å². The van der Waals surface area contributed by atoms with Gasteiger partial charge in [-0.1, -0.05) is 28.1 Å². The summed E-state index contributed by atoms with van der Waals surface area (Å²) in [5.74, 6) is 0. The first-order chi connectivity index (χ1) is 8.20. The first-order valence-corrected chi connectivity index (χ1v) is 5.81. The maximum atomic E-state index is 8.98. The Kier molecular flexibility index (Phi) is 3.31. The van der Waals surface area contributed by atoms with Gasteiger partial charge in [0.1, 0.15) is 6.07 Å². The molecule has 0 fully saturated rings. The molecule has 0 aromatic heterocycles. The average Bonchev–Trinajstić information content (AvgIpc) is 2.33. The second-order valence-corrected chi connectivity index (χ2v) is 4.43. The van der Waals surface area contributed by atoms with Crippen LogP contribution in [0.1, 0.15) is 5.56 Å². The molecule has 0 heterocycles. The van der Waals surface area contributed by atoms with E-state index < -0.39 is 0 Å². The monoisotopic (exact) mass is 287 g/mol. The summed E-state index contributed by atoms with van der Waals surface area (Å²) in [4.78, 5) is 0. The lowest BCUT2D eigenvalue weighted by molar-refractivity contribution is 1.46. The van der Waals surface area contributed by atoms with Crippen LogP contribution < -0.4 is 11.1 Å². The van der Waals surface area contributed by atoms with Crippen molar-refractivity contribution >= 4 is 33.0 Å². The van der Waals surface area contributed by atoms with Gasteiger partial charge in [-0.05, 0) is 30.3 Å². The van der Waals surface area contributed by atoms with Crippen molar-refractivity contribution in [3.05, 3.63) is 52.5 Å². The predicted molar refractivity (Wildman–Crippen MR) is 73.0 cm³/mol. The number of rotatable bonds is 2. The highest BCUT2D eigenvalue weighted by Crippen LogP contribution is 2.27. The second kappa shape index (κ2) is 4.89. The molecule has 0 aliphatic heterocycles. The largest absolute Gasteiger partial charge is 0.397 e. The van der Waals surface area contributed by atoms with Crippen LogP contribution in [-0.4, -0.2) is 0 Å². The first kappa shape index (κ1) is 11.5. The van der Waals surface area contributed by atoms with Crippen molar-refractivity contribution in [3.63, 3.8) is 0 Å². The Balaban J connectivity index is 2.35. The van der Waals surface area contributed by atoms with Crippen LogP contribution >= 0.6 is 15.9 Å². The normalized spacial score (nSPS) is 9.65. The molecule has 4 heteroatoms. The highest BCUT2D eigenvalue weighted by Gasteiger charge is 2.03. The van der Waals surface area contributed by atoms with E-state index in [1.54, 1.807) is 6.07 Å². The van der Waals surface area contributed by atoms with Crippen LogP contribution in [0.4, 0.5) is 17.1 Å². The lowest BCUT2D eigenvalue weighted by Gasteiger charge is -2.10. The third-order valence-corrected chi connectivity index (χ3v) is 2.82. The minimum atomic E-state index is 0.592. The molecule has 0 unspecified atom stereocenters. The molecule has 0 radical (unpaired) electrons. The molecule has 2 aromatic rings. The van der Waals surface area contributed by atoms with Gasteiger partial charge >= 0.3 is 0 Å². The molecule has 84 valence electrons. The molecule has 0 atom stereocenters. The van der Waals surface area contributed by atoms with E-state index in [9.17, 15) is 0 Å². The molecule has 2 rings (SSSR count). The summed E-state index contributed by atoms with van der Waals surface area (Å²) in [6.07, 6.45) is 0. The lowest BCUT2D eigenvalue weighted by Crippen LogP contribution is -1.97. The summed E-state index contributed by atoms with van der Waals surface area (Å²) < 4.78 is 0.925. The number of nitrogens with zero attached hydrogens (tertiary/aromatic N) is 1. The van der Waals surface area contributed by atoms with Crippen LogP contribution in [0.5, 0.6) is 0 Å². The van der Waals surface area contributed by atoms with Gasteiger partial charge in [-0.25, -0.2) is 0 Å². The third-order valence-electron chi connectivity index (χ3n) is 2.33. The number of hydrogen-bond acceptors (Lipinski definition) is 3. The fourth-order valence-electron chi connectivity index (χ4n) is 1.48. The number of nitrogens with two attached hydrogens (primary N) is 1. The molecule has 0 saturated heterocycles. The maximum absolute atomic E-state index is 8.98. The number of anilines is 3. The Hall–Kier alpha value is -1.99. The molecular formula is C13H10BrN3. The smallest absolute Gasteiger partial charge is 0.101 e. The van der Waals surface area contributed by atoms with Gasteiger partial charge < -0.3 is 11.1 Å². The van der Waals surface area contributed by atoms with E-state index in [4.69, 9.17) is 11.0 Å². The van der Waals surface area contributed by atoms with E-state index in [0.717, 1.165) is 15.8 Å². The van der Waals surface area contributed by atoms with Crippen LogP contribution in [0, 0.1) is 11.3 Å². The van der Waals surface area contributed by atoms with Crippen LogP contribution in [-0.2, 0) is 0 Å². The first-order valence-electron chi connectivity index (χ1n) is 5.02. The Labute approximate surface area is 108 Å². The summed E-state index contributed by atoms with van der Waals surface area (Å²) >= 11 is 3.35. The average molecular weight is 288 g/mol. The van der Waals surface area contributed by atoms with Crippen molar-refractivity contribution in [1.82, 2.24) is 0 Å². The molecule has 0 saturated carbocycles. The Morgan fingerprint density at radius 1 is 1.12 bits per heavy atom. The Morgan fingerprint density at radius 3 is 2.59 bits per heavy atom. The van der Waals surface area contributed by atoms with Gasteiger partial charge in [-0.15, -0.1) is 0 Å². The van der Waals surface area contributed by atoms with Gasteiger partial charge in [0.15, 0.2) is 0 Å². The van der Waals surface area contributed by atoms with Crippen LogP contribution in [0.3, 0.4) is 0 Å². The van der Waals surface area contributed by atoms with Gasteiger partial charge in [-0.3, -0.25) is 0 Å². The minimum Gasteiger partial charge on any atom is -0.397 e. The van der Waals surface area contributed by atoms with Crippen molar-refractivity contribution in [3.8, 4) is 6.07 Å². The number of nitrogen functional groups attached to an aromatic ring is 1. The molecule has 2 aromatic carbocycles. The van der Waals surface area contributed by atoms with Gasteiger partial charge in [0, 0.05) is 4.47 Å². The van der Waals surface area contributed by atoms with E-state index in [1.165, 1.54) is 0 Å². The van der Waals surface area contributed by atoms with Gasteiger partial charge in [0.05, 0.1) is 22.6 Å². The van der Waals surface area contributed by atoms with E-state index in [-0.39, 0.29) is 0 Å².